The lowest BCUT2D eigenvalue weighted by Crippen LogP contribution is -2.48. The number of hydrogen-bond donors (Lipinski definition) is 2. The molecule has 144 valence electrons. The minimum Gasteiger partial charge on any atom is -0.465 e. The molecule has 24 heavy (non-hydrogen) atoms. The molecule has 0 aromatic heterocycles. The van der Waals surface area contributed by atoms with Crippen molar-refractivity contribution in [2.75, 3.05) is 19.8 Å². The Hall–Kier alpha value is -0.593. The van der Waals surface area contributed by atoms with E-state index in [1.54, 1.807) is 4.90 Å². The van der Waals surface area contributed by atoms with E-state index in [1.807, 2.05) is 0 Å². The van der Waals surface area contributed by atoms with Gasteiger partial charge in [0.05, 0.1) is 12.6 Å². The molecule has 0 aromatic carbocycles. The second-order valence-corrected chi connectivity index (χ2v) is 13.4. The fourth-order valence-electron chi connectivity index (χ4n) is 2.17. The minimum absolute atomic E-state index is 0.106. The summed E-state index contributed by atoms with van der Waals surface area (Å²) >= 11 is 0. The monoisotopic (exact) mass is 361 g/mol. The molecule has 0 aromatic rings. The van der Waals surface area contributed by atoms with Gasteiger partial charge < -0.3 is 19.5 Å². The Bertz CT molecular complexity index is 367. The van der Waals surface area contributed by atoms with Crippen LogP contribution in [0.4, 0.5) is 4.79 Å². The molecule has 0 fully saturated rings. The van der Waals surface area contributed by atoms with Crippen LogP contribution in [0.25, 0.3) is 0 Å². The van der Waals surface area contributed by atoms with Crippen LogP contribution in [0.3, 0.4) is 0 Å². The molecule has 0 bridgehead atoms. The SMILES string of the molecule is CC(C)CCN(C(=O)O)[C@@H](CCCCO)CO[Si](C)(C)C(C)(C)C. The van der Waals surface area contributed by atoms with Gasteiger partial charge in [-0.3, -0.25) is 0 Å². The van der Waals surface area contributed by atoms with E-state index < -0.39 is 14.4 Å². The van der Waals surface area contributed by atoms with E-state index >= 15 is 0 Å². The van der Waals surface area contributed by atoms with Crippen molar-refractivity contribution in [2.24, 2.45) is 5.92 Å². The Balaban J connectivity index is 5.01. The van der Waals surface area contributed by atoms with Gasteiger partial charge in [0.1, 0.15) is 0 Å². The van der Waals surface area contributed by atoms with Gasteiger partial charge in [-0.25, -0.2) is 4.79 Å². The predicted octanol–water partition coefficient (Wildman–Crippen LogP) is 4.57. The van der Waals surface area contributed by atoms with E-state index in [1.165, 1.54) is 0 Å². The number of aliphatic hydroxyl groups is 1. The molecular weight excluding hydrogens is 322 g/mol. The first kappa shape index (κ1) is 23.4. The fourth-order valence-corrected chi connectivity index (χ4v) is 3.22. The Morgan fingerprint density at radius 3 is 2.17 bits per heavy atom. The van der Waals surface area contributed by atoms with Crippen molar-refractivity contribution in [1.82, 2.24) is 4.90 Å². The molecule has 0 rings (SSSR count). The van der Waals surface area contributed by atoms with Crippen LogP contribution in [0.5, 0.6) is 0 Å². The zero-order chi connectivity index (χ0) is 19.0. The highest BCUT2D eigenvalue weighted by Gasteiger charge is 2.38. The lowest BCUT2D eigenvalue weighted by atomic mass is 10.1. The van der Waals surface area contributed by atoms with Crippen LogP contribution >= 0.6 is 0 Å². The van der Waals surface area contributed by atoms with E-state index in [-0.39, 0.29) is 17.7 Å². The Labute approximate surface area is 149 Å². The van der Waals surface area contributed by atoms with E-state index in [0.717, 1.165) is 19.3 Å². The van der Waals surface area contributed by atoms with Crippen LogP contribution in [0.15, 0.2) is 0 Å². The molecule has 1 atom stereocenters. The number of carboxylic acid groups (broad SMARTS) is 1. The average Bonchev–Trinajstić information content (AvgIpc) is 2.42. The van der Waals surface area contributed by atoms with Crippen LogP contribution in [0.2, 0.25) is 18.1 Å². The summed E-state index contributed by atoms with van der Waals surface area (Å²) < 4.78 is 6.30. The number of rotatable bonds is 11. The number of carbonyl (C=O) groups is 1. The number of aliphatic hydroxyl groups excluding tert-OH is 1. The zero-order valence-electron chi connectivity index (χ0n) is 16.8. The summed E-state index contributed by atoms with van der Waals surface area (Å²) in [7, 11) is -1.91. The lowest BCUT2D eigenvalue weighted by Gasteiger charge is -2.39. The first-order chi connectivity index (χ1) is 10.9. The Morgan fingerprint density at radius 2 is 1.75 bits per heavy atom. The third-order valence-electron chi connectivity index (χ3n) is 5.02. The second kappa shape index (κ2) is 10.4. The fraction of sp³-hybridized carbons (Fsp3) is 0.944. The van der Waals surface area contributed by atoms with Gasteiger partial charge in [0, 0.05) is 13.2 Å². The summed E-state index contributed by atoms with van der Waals surface area (Å²) in [6, 6.07) is -0.137. The highest BCUT2D eigenvalue weighted by atomic mass is 28.4. The average molecular weight is 362 g/mol. The van der Waals surface area contributed by atoms with Crippen molar-refractivity contribution in [3.63, 3.8) is 0 Å². The Morgan fingerprint density at radius 1 is 1.17 bits per heavy atom. The first-order valence-electron chi connectivity index (χ1n) is 9.16. The highest BCUT2D eigenvalue weighted by Crippen LogP contribution is 2.36. The zero-order valence-corrected chi connectivity index (χ0v) is 17.8. The van der Waals surface area contributed by atoms with E-state index in [0.29, 0.717) is 25.5 Å². The summed E-state index contributed by atoms with van der Waals surface area (Å²) in [6.45, 7) is 16.3. The summed E-state index contributed by atoms with van der Waals surface area (Å²) in [5, 5.41) is 18.8. The van der Waals surface area contributed by atoms with E-state index in [9.17, 15) is 9.90 Å². The molecule has 0 unspecified atom stereocenters. The van der Waals surface area contributed by atoms with Crippen LogP contribution in [-0.2, 0) is 4.43 Å². The lowest BCUT2D eigenvalue weighted by molar-refractivity contribution is 0.0915. The quantitative estimate of drug-likeness (QED) is 0.418. The molecule has 1 amide bonds. The molecule has 5 nitrogen and oxygen atoms in total. The molecule has 6 heteroatoms. The minimum atomic E-state index is -1.91. The van der Waals surface area contributed by atoms with Crippen molar-refractivity contribution in [2.45, 2.75) is 84.5 Å². The molecule has 0 aliphatic rings. The number of hydrogen-bond acceptors (Lipinski definition) is 3. The summed E-state index contributed by atoms with van der Waals surface area (Å²) in [4.78, 5) is 13.3. The molecule has 0 spiro atoms. The third kappa shape index (κ3) is 8.49. The standard InChI is InChI=1S/C18H39NO4Si/c1-15(2)11-12-19(17(21)22)16(10-8-9-13-20)14-23-24(6,7)18(3,4)5/h15-16,20H,8-14H2,1-7H3,(H,21,22)/t16-/m0/s1. The number of nitrogens with zero attached hydrogens (tertiary/aromatic N) is 1. The van der Waals surface area contributed by atoms with Crippen LogP contribution in [0.1, 0.15) is 60.3 Å². The van der Waals surface area contributed by atoms with Gasteiger partial charge >= 0.3 is 6.09 Å². The van der Waals surface area contributed by atoms with Crippen molar-refractivity contribution < 1.29 is 19.4 Å². The largest absolute Gasteiger partial charge is 0.465 e. The highest BCUT2D eigenvalue weighted by molar-refractivity contribution is 6.74. The number of amides is 1. The van der Waals surface area contributed by atoms with Gasteiger partial charge in [-0.2, -0.15) is 0 Å². The van der Waals surface area contributed by atoms with Crippen molar-refractivity contribution >= 4 is 14.4 Å². The van der Waals surface area contributed by atoms with Crippen molar-refractivity contribution in [1.29, 1.82) is 0 Å². The van der Waals surface area contributed by atoms with E-state index in [4.69, 9.17) is 9.53 Å². The van der Waals surface area contributed by atoms with Gasteiger partial charge in [-0.05, 0) is 49.7 Å². The summed E-state index contributed by atoms with van der Waals surface area (Å²) in [5.41, 5.74) is 0. The molecule has 0 aliphatic heterocycles. The summed E-state index contributed by atoms with van der Waals surface area (Å²) in [5.74, 6) is 0.464. The summed E-state index contributed by atoms with van der Waals surface area (Å²) in [6.07, 6.45) is 2.23. The maximum absolute atomic E-state index is 11.7. The molecular formula is C18H39NO4Si. The van der Waals surface area contributed by atoms with Gasteiger partial charge in [-0.15, -0.1) is 0 Å². The first-order valence-corrected chi connectivity index (χ1v) is 12.1. The van der Waals surface area contributed by atoms with Gasteiger partial charge in [0.2, 0.25) is 0 Å². The molecule has 0 saturated heterocycles. The van der Waals surface area contributed by atoms with E-state index in [2.05, 4.69) is 47.7 Å². The Kier molecular flexibility index (Phi) is 10.2. The van der Waals surface area contributed by atoms with Crippen molar-refractivity contribution in [3.8, 4) is 0 Å². The van der Waals surface area contributed by atoms with Crippen LogP contribution < -0.4 is 0 Å². The van der Waals surface area contributed by atoms with Gasteiger partial charge in [0.25, 0.3) is 0 Å². The van der Waals surface area contributed by atoms with Crippen molar-refractivity contribution in [3.05, 3.63) is 0 Å². The van der Waals surface area contributed by atoms with Gasteiger partial charge in [-0.1, -0.05) is 34.6 Å². The molecule has 2 N–H and O–H groups in total. The maximum Gasteiger partial charge on any atom is 0.407 e. The number of unbranched alkanes of at least 4 members (excludes halogenated alkanes) is 1. The molecule has 0 saturated carbocycles. The molecule has 0 radical (unpaired) electrons. The smallest absolute Gasteiger partial charge is 0.407 e. The topological polar surface area (TPSA) is 70.0 Å². The van der Waals surface area contributed by atoms with Crippen LogP contribution in [-0.4, -0.2) is 55.3 Å². The maximum atomic E-state index is 11.7. The van der Waals surface area contributed by atoms with Crippen LogP contribution in [0, 0.1) is 5.92 Å². The van der Waals surface area contributed by atoms with Gasteiger partial charge in [0.15, 0.2) is 8.32 Å². The third-order valence-corrected chi connectivity index (χ3v) is 9.52. The normalized spacial score (nSPS) is 14.0. The molecule has 0 aliphatic carbocycles. The predicted molar refractivity (Wildman–Crippen MR) is 102 cm³/mol. The second-order valence-electron chi connectivity index (χ2n) is 8.60. The molecule has 0 heterocycles.